The van der Waals surface area contributed by atoms with Crippen molar-refractivity contribution in [1.29, 1.82) is 0 Å². The van der Waals surface area contributed by atoms with Gasteiger partial charge in [-0.25, -0.2) is 0 Å². The van der Waals surface area contributed by atoms with E-state index in [9.17, 15) is 9.59 Å². The molecule has 152 valence electrons. The van der Waals surface area contributed by atoms with Crippen molar-refractivity contribution in [1.82, 2.24) is 20.7 Å². The van der Waals surface area contributed by atoms with Gasteiger partial charge in [0.2, 0.25) is 5.91 Å². The van der Waals surface area contributed by atoms with E-state index in [1.165, 1.54) is 0 Å². The van der Waals surface area contributed by atoms with Gasteiger partial charge in [-0.05, 0) is 30.8 Å². The summed E-state index contributed by atoms with van der Waals surface area (Å²) in [4.78, 5) is 27.0. The highest BCUT2D eigenvalue weighted by Crippen LogP contribution is 2.25. The lowest BCUT2D eigenvalue weighted by Crippen LogP contribution is -2.53. The van der Waals surface area contributed by atoms with Gasteiger partial charge in [0.1, 0.15) is 0 Å². The van der Waals surface area contributed by atoms with Crippen molar-refractivity contribution < 1.29 is 19.2 Å². The van der Waals surface area contributed by atoms with E-state index in [2.05, 4.69) is 20.7 Å². The number of rotatable bonds is 11. The third-order valence-corrected chi connectivity index (χ3v) is 5.57. The van der Waals surface area contributed by atoms with Crippen molar-refractivity contribution in [3.05, 3.63) is 29.3 Å². The maximum Gasteiger partial charge on any atom is 0.273 e. The molecule has 0 unspecified atom stereocenters. The molecule has 0 bridgehead atoms. The fourth-order valence-corrected chi connectivity index (χ4v) is 3.76. The number of nitrogens with zero attached hydrogens (tertiary/aromatic N) is 2. The summed E-state index contributed by atoms with van der Waals surface area (Å²) >= 11 is 1.54. The molecular formula is C19H26N4O4S. The number of aliphatic hydroxyl groups excluding tert-OH is 1. The summed E-state index contributed by atoms with van der Waals surface area (Å²) in [5.41, 5.74) is 0.300. The van der Waals surface area contributed by atoms with E-state index in [1.807, 2.05) is 17.5 Å². The van der Waals surface area contributed by atoms with Crippen molar-refractivity contribution in [3.8, 4) is 10.6 Å². The Hall–Kier alpha value is -2.23. The third kappa shape index (κ3) is 5.63. The molecule has 2 amide bonds. The van der Waals surface area contributed by atoms with Gasteiger partial charge in [0.25, 0.3) is 5.91 Å². The summed E-state index contributed by atoms with van der Waals surface area (Å²) in [7, 11) is 0. The van der Waals surface area contributed by atoms with E-state index in [1.54, 1.807) is 17.4 Å². The predicted octanol–water partition coefficient (Wildman–Crippen LogP) is 1.34. The SMILES string of the molecule is O=C(NCCCCCN1CC(C(=O)NCCO)C1)c1cc(-c2cccs2)on1. The third-order valence-electron chi connectivity index (χ3n) is 4.68. The Balaban J connectivity index is 1.23. The first-order valence-corrected chi connectivity index (χ1v) is 10.4. The Bertz CT molecular complexity index is 756. The number of aliphatic hydroxyl groups is 1. The van der Waals surface area contributed by atoms with Crippen molar-refractivity contribution in [2.45, 2.75) is 19.3 Å². The summed E-state index contributed by atoms with van der Waals surface area (Å²) < 4.78 is 5.22. The van der Waals surface area contributed by atoms with Gasteiger partial charge in [-0.1, -0.05) is 17.6 Å². The van der Waals surface area contributed by atoms with E-state index in [4.69, 9.17) is 9.63 Å². The molecule has 1 fully saturated rings. The van der Waals surface area contributed by atoms with Gasteiger partial charge in [-0.15, -0.1) is 11.3 Å². The quantitative estimate of drug-likeness (QED) is 0.486. The molecule has 3 heterocycles. The van der Waals surface area contributed by atoms with Crippen LogP contribution in [-0.4, -0.2) is 66.3 Å². The molecule has 1 aliphatic rings. The van der Waals surface area contributed by atoms with Crippen molar-refractivity contribution in [3.63, 3.8) is 0 Å². The summed E-state index contributed by atoms with van der Waals surface area (Å²) in [6, 6.07) is 5.52. The molecule has 1 aliphatic heterocycles. The second-order valence-electron chi connectivity index (χ2n) is 6.84. The average Bonchev–Trinajstić information content (AvgIpc) is 3.34. The summed E-state index contributed by atoms with van der Waals surface area (Å²) in [6.45, 7) is 3.44. The van der Waals surface area contributed by atoms with Crippen LogP contribution in [-0.2, 0) is 4.79 Å². The number of aromatic nitrogens is 1. The van der Waals surface area contributed by atoms with Gasteiger partial charge in [-0.2, -0.15) is 0 Å². The summed E-state index contributed by atoms with van der Waals surface area (Å²) in [5, 5.41) is 20.1. The molecule has 0 atom stereocenters. The number of carbonyl (C=O) groups is 2. The summed E-state index contributed by atoms with van der Waals surface area (Å²) in [5.74, 6) is 0.472. The van der Waals surface area contributed by atoms with Crippen LogP contribution in [0.15, 0.2) is 28.1 Å². The Morgan fingerprint density at radius 2 is 2.11 bits per heavy atom. The van der Waals surface area contributed by atoms with Crippen LogP contribution in [0.4, 0.5) is 0 Å². The normalized spacial score (nSPS) is 14.6. The molecular weight excluding hydrogens is 380 g/mol. The standard InChI is InChI=1S/C19H26N4O4S/c24-9-7-21-18(25)14-12-23(13-14)8-3-1-2-6-20-19(26)15-11-16(27-22-15)17-5-4-10-28-17/h4-5,10-11,14,24H,1-3,6-9,12-13H2,(H,20,26)(H,21,25). The smallest absolute Gasteiger partial charge is 0.273 e. The van der Waals surface area contributed by atoms with E-state index in [0.29, 0.717) is 24.5 Å². The number of hydrogen-bond donors (Lipinski definition) is 3. The Morgan fingerprint density at radius 1 is 1.25 bits per heavy atom. The van der Waals surface area contributed by atoms with E-state index >= 15 is 0 Å². The number of thiophene rings is 1. The molecule has 9 heteroatoms. The highest BCUT2D eigenvalue weighted by molar-refractivity contribution is 7.13. The van der Waals surface area contributed by atoms with Crippen LogP contribution in [0.1, 0.15) is 29.8 Å². The van der Waals surface area contributed by atoms with Gasteiger partial charge in [0.05, 0.1) is 17.4 Å². The minimum Gasteiger partial charge on any atom is -0.395 e. The Kier molecular flexibility index (Phi) is 7.58. The minimum absolute atomic E-state index is 0.0227. The molecule has 3 rings (SSSR count). The van der Waals surface area contributed by atoms with Gasteiger partial charge >= 0.3 is 0 Å². The molecule has 2 aromatic heterocycles. The highest BCUT2D eigenvalue weighted by atomic mass is 32.1. The number of amides is 2. The zero-order chi connectivity index (χ0) is 19.8. The molecule has 0 aromatic carbocycles. The van der Waals surface area contributed by atoms with Crippen LogP contribution in [0.25, 0.3) is 10.6 Å². The Morgan fingerprint density at radius 3 is 2.86 bits per heavy atom. The maximum absolute atomic E-state index is 12.1. The lowest BCUT2D eigenvalue weighted by molar-refractivity contribution is -0.130. The first-order valence-electron chi connectivity index (χ1n) is 9.57. The monoisotopic (exact) mass is 406 g/mol. The van der Waals surface area contributed by atoms with Crippen molar-refractivity contribution in [2.75, 3.05) is 39.3 Å². The molecule has 0 saturated carbocycles. The number of carbonyl (C=O) groups excluding carboxylic acids is 2. The second kappa shape index (κ2) is 10.4. The van der Waals surface area contributed by atoms with Crippen molar-refractivity contribution in [2.24, 2.45) is 5.92 Å². The number of nitrogens with one attached hydrogen (secondary N) is 2. The first-order chi connectivity index (χ1) is 13.7. The zero-order valence-corrected chi connectivity index (χ0v) is 16.5. The topological polar surface area (TPSA) is 108 Å². The number of unbranched alkanes of at least 4 members (excludes halogenated alkanes) is 2. The van der Waals surface area contributed by atoms with E-state index in [-0.39, 0.29) is 24.3 Å². The highest BCUT2D eigenvalue weighted by Gasteiger charge is 2.31. The number of likely N-dealkylation sites (tertiary alicyclic amines) is 1. The fraction of sp³-hybridized carbons (Fsp3) is 0.526. The van der Waals surface area contributed by atoms with Gasteiger partial charge in [0, 0.05) is 32.2 Å². The average molecular weight is 407 g/mol. The molecule has 0 aliphatic carbocycles. The van der Waals surface area contributed by atoms with Gasteiger partial charge in [0.15, 0.2) is 11.5 Å². The minimum atomic E-state index is -0.217. The first kappa shape index (κ1) is 20.5. The molecule has 1 saturated heterocycles. The van der Waals surface area contributed by atoms with Crippen molar-refractivity contribution >= 4 is 23.2 Å². The molecule has 3 N–H and O–H groups in total. The largest absolute Gasteiger partial charge is 0.395 e. The molecule has 2 aromatic rings. The lowest BCUT2D eigenvalue weighted by atomic mass is 9.98. The zero-order valence-electron chi connectivity index (χ0n) is 15.7. The van der Waals surface area contributed by atoms with Crippen LogP contribution in [0, 0.1) is 5.92 Å². The lowest BCUT2D eigenvalue weighted by Gasteiger charge is -2.38. The van der Waals surface area contributed by atoms with Crippen LogP contribution in [0.5, 0.6) is 0 Å². The maximum atomic E-state index is 12.1. The van der Waals surface area contributed by atoms with Crippen LogP contribution in [0.2, 0.25) is 0 Å². The number of hydrogen-bond acceptors (Lipinski definition) is 7. The molecule has 8 nitrogen and oxygen atoms in total. The summed E-state index contributed by atoms with van der Waals surface area (Å²) in [6.07, 6.45) is 2.94. The fourth-order valence-electron chi connectivity index (χ4n) is 3.09. The van der Waals surface area contributed by atoms with Crippen LogP contribution in [0.3, 0.4) is 0 Å². The van der Waals surface area contributed by atoms with E-state index < -0.39 is 0 Å². The van der Waals surface area contributed by atoms with E-state index in [0.717, 1.165) is 43.8 Å². The molecule has 0 radical (unpaired) electrons. The van der Waals surface area contributed by atoms with Crippen LogP contribution >= 0.6 is 11.3 Å². The van der Waals surface area contributed by atoms with Gasteiger partial charge in [-0.3, -0.25) is 9.59 Å². The Labute approximate surface area is 167 Å². The predicted molar refractivity (Wildman–Crippen MR) is 106 cm³/mol. The molecule has 28 heavy (non-hydrogen) atoms. The molecule has 0 spiro atoms. The van der Waals surface area contributed by atoms with Gasteiger partial charge < -0.3 is 25.2 Å². The van der Waals surface area contributed by atoms with Crippen LogP contribution < -0.4 is 10.6 Å². The second-order valence-corrected chi connectivity index (χ2v) is 7.79.